The predicted molar refractivity (Wildman–Crippen MR) is 90.0 cm³/mol. The summed E-state index contributed by atoms with van der Waals surface area (Å²) in [6.07, 6.45) is 6.63. The van der Waals surface area contributed by atoms with E-state index in [1.165, 1.54) is 32.1 Å². The average Bonchev–Trinajstić information content (AvgIpc) is 2.38. The highest BCUT2D eigenvalue weighted by Gasteiger charge is 2.18. The Bertz CT molecular complexity index is 479. The van der Waals surface area contributed by atoms with Gasteiger partial charge in [0.1, 0.15) is 0 Å². The van der Waals surface area contributed by atoms with Crippen molar-refractivity contribution in [3.05, 3.63) is 31.9 Å². The molecule has 110 valence electrons. The first kappa shape index (κ1) is 15.5. The van der Waals surface area contributed by atoms with Crippen molar-refractivity contribution in [3.8, 4) is 0 Å². The van der Waals surface area contributed by atoms with Crippen LogP contribution in [0.2, 0.25) is 0 Å². The molecule has 1 N–H and O–H groups in total. The normalized spacial score (nSPS) is 22.5. The van der Waals surface area contributed by atoms with Crippen molar-refractivity contribution in [1.82, 2.24) is 0 Å². The number of halogens is 1. The minimum atomic E-state index is -0.338. The molecule has 2 unspecified atom stereocenters. The zero-order chi connectivity index (χ0) is 14.5. The Balaban J connectivity index is 1.82. The smallest absolute Gasteiger partial charge is 0.282 e. The second kappa shape index (κ2) is 7.24. The molecule has 0 aromatic heterocycles. The molecule has 0 aliphatic heterocycles. The average molecular weight is 388 g/mol. The van der Waals surface area contributed by atoms with Gasteiger partial charge in [-0.25, -0.2) is 0 Å². The van der Waals surface area contributed by atoms with E-state index in [1.807, 2.05) is 28.7 Å². The summed E-state index contributed by atoms with van der Waals surface area (Å²) < 4.78 is 0.684. The van der Waals surface area contributed by atoms with Gasteiger partial charge in [-0.1, -0.05) is 26.2 Å². The lowest BCUT2D eigenvalue weighted by molar-refractivity contribution is -0.385. The molecule has 0 amide bonds. The van der Waals surface area contributed by atoms with E-state index in [0.29, 0.717) is 3.57 Å². The predicted octanol–water partition coefficient (Wildman–Crippen LogP) is 4.83. The Labute approximate surface area is 133 Å². The lowest BCUT2D eigenvalue weighted by Gasteiger charge is -2.26. The SMILES string of the molecule is CC1CCCC(CCNc2ccc([N+](=O)[O-])c(I)c2)C1. The lowest BCUT2D eigenvalue weighted by atomic mass is 9.81. The van der Waals surface area contributed by atoms with Crippen molar-refractivity contribution in [1.29, 1.82) is 0 Å². The van der Waals surface area contributed by atoms with Crippen molar-refractivity contribution >= 4 is 34.0 Å². The number of nitrogens with zero attached hydrogens (tertiary/aromatic N) is 1. The first-order valence-corrected chi connectivity index (χ1v) is 8.32. The number of benzene rings is 1. The van der Waals surface area contributed by atoms with Crippen LogP contribution < -0.4 is 5.32 Å². The molecule has 4 nitrogen and oxygen atoms in total. The molecular formula is C15H21IN2O2. The van der Waals surface area contributed by atoms with Crippen LogP contribution in [0.15, 0.2) is 18.2 Å². The fourth-order valence-corrected chi connectivity index (χ4v) is 3.72. The second-order valence-electron chi connectivity index (χ2n) is 5.78. The lowest BCUT2D eigenvalue weighted by Crippen LogP contribution is -2.16. The maximum absolute atomic E-state index is 10.8. The van der Waals surface area contributed by atoms with E-state index in [0.717, 1.165) is 24.1 Å². The van der Waals surface area contributed by atoms with Crippen molar-refractivity contribution < 1.29 is 4.92 Å². The quantitative estimate of drug-likeness (QED) is 0.447. The van der Waals surface area contributed by atoms with Gasteiger partial charge in [0.05, 0.1) is 8.49 Å². The monoisotopic (exact) mass is 388 g/mol. The number of rotatable bonds is 5. The number of nitro groups is 1. The van der Waals surface area contributed by atoms with Crippen molar-refractivity contribution in [3.63, 3.8) is 0 Å². The number of nitro benzene ring substituents is 1. The van der Waals surface area contributed by atoms with Crippen LogP contribution >= 0.6 is 22.6 Å². The van der Waals surface area contributed by atoms with E-state index < -0.39 is 0 Å². The fraction of sp³-hybridized carbons (Fsp3) is 0.600. The molecule has 0 spiro atoms. The van der Waals surface area contributed by atoms with Gasteiger partial charge in [0.25, 0.3) is 5.69 Å². The van der Waals surface area contributed by atoms with Crippen molar-refractivity contribution in [2.75, 3.05) is 11.9 Å². The maximum Gasteiger partial charge on any atom is 0.282 e. The molecule has 1 aromatic carbocycles. The van der Waals surface area contributed by atoms with Crippen LogP contribution in [0, 0.1) is 25.5 Å². The van der Waals surface area contributed by atoms with E-state index in [1.54, 1.807) is 12.1 Å². The standard InChI is InChI=1S/C15H21IN2O2/c1-11-3-2-4-12(9-11)7-8-17-13-5-6-15(18(19)20)14(16)10-13/h5-6,10-12,17H,2-4,7-9H2,1H3. The second-order valence-corrected chi connectivity index (χ2v) is 6.94. The minimum absolute atomic E-state index is 0.178. The van der Waals surface area contributed by atoms with Crippen LogP contribution in [0.5, 0.6) is 0 Å². The molecule has 1 fully saturated rings. The molecule has 2 rings (SSSR count). The molecule has 1 aromatic rings. The van der Waals surface area contributed by atoms with Gasteiger partial charge in [-0.2, -0.15) is 0 Å². The summed E-state index contributed by atoms with van der Waals surface area (Å²) in [5, 5.41) is 14.2. The molecule has 0 bridgehead atoms. The molecule has 1 aliphatic carbocycles. The van der Waals surface area contributed by atoms with E-state index >= 15 is 0 Å². The Morgan fingerprint density at radius 2 is 2.25 bits per heavy atom. The van der Waals surface area contributed by atoms with Gasteiger partial charge in [0, 0.05) is 18.3 Å². The topological polar surface area (TPSA) is 55.2 Å². The van der Waals surface area contributed by atoms with Gasteiger partial charge in [0.15, 0.2) is 0 Å². The molecule has 2 atom stereocenters. The van der Waals surface area contributed by atoms with Gasteiger partial charge < -0.3 is 5.32 Å². The van der Waals surface area contributed by atoms with Crippen LogP contribution in [-0.4, -0.2) is 11.5 Å². The Hall–Kier alpha value is -0.850. The zero-order valence-electron chi connectivity index (χ0n) is 11.8. The summed E-state index contributed by atoms with van der Waals surface area (Å²) in [6, 6.07) is 5.22. The van der Waals surface area contributed by atoms with Crippen molar-refractivity contribution in [2.45, 2.75) is 39.0 Å². The number of nitrogens with one attached hydrogen (secondary N) is 1. The zero-order valence-corrected chi connectivity index (χ0v) is 13.9. The Kier molecular flexibility index (Phi) is 5.63. The molecular weight excluding hydrogens is 367 g/mol. The third kappa shape index (κ3) is 4.33. The fourth-order valence-electron chi connectivity index (χ4n) is 3.01. The molecule has 1 aliphatic rings. The minimum Gasteiger partial charge on any atom is -0.385 e. The van der Waals surface area contributed by atoms with Crippen LogP contribution in [-0.2, 0) is 0 Å². The van der Waals surface area contributed by atoms with Gasteiger partial charge in [0.2, 0.25) is 0 Å². The first-order chi connectivity index (χ1) is 9.56. The summed E-state index contributed by atoms with van der Waals surface area (Å²) in [5.74, 6) is 1.71. The molecule has 0 saturated heterocycles. The van der Waals surface area contributed by atoms with Gasteiger partial charge in [-0.05, 0) is 59.4 Å². The highest BCUT2D eigenvalue weighted by molar-refractivity contribution is 14.1. The number of hydrogen-bond donors (Lipinski definition) is 1. The van der Waals surface area contributed by atoms with Gasteiger partial charge in [-0.15, -0.1) is 0 Å². The van der Waals surface area contributed by atoms with Crippen LogP contribution in [0.3, 0.4) is 0 Å². The van der Waals surface area contributed by atoms with Crippen LogP contribution in [0.1, 0.15) is 39.0 Å². The maximum atomic E-state index is 10.8. The van der Waals surface area contributed by atoms with E-state index in [-0.39, 0.29) is 10.6 Å². The van der Waals surface area contributed by atoms with Crippen LogP contribution in [0.4, 0.5) is 11.4 Å². The Morgan fingerprint density at radius 1 is 1.45 bits per heavy atom. The largest absolute Gasteiger partial charge is 0.385 e. The molecule has 1 saturated carbocycles. The Morgan fingerprint density at radius 3 is 2.90 bits per heavy atom. The molecule has 20 heavy (non-hydrogen) atoms. The summed E-state index contributed by atoms with van der Waals surface area (Å²) in [7, 11) is 0. The number of hydrogen-bond acceptors (Lipinski definition) is 3. The molecule has 0 radical (unpaired) electrons. The van der Waals surface area contributed by atoms with E-state index in [9.17, 15) is 10.1 Å². The summed E-state index contributed by atoms with van der Waals surface area (Å²) >= 11 is 2.02. The molecule has 5 heteroatoms. The summed E-state index contributed by atoms with van der Waals surface area (Å²) in [5.41, 5.74) is 1.15. The third-order valence-corrected chi connectivity index (χ3v) is 4.94. The van der Waals surface area contributed by atoms with Gasteiger partial charge in [-0.3, -0.25) is 10.1 Å². The number of anilines is 1. The molecule has 0 heterocycles. The van der Waals surface area contributed by atoms with E-state index in [4.69, 9.17) is 0 Å². The summed E-state index contributed by atoms with van der Waals surface area (Å²) in [6.45, 7) is 3.30. The summed E-state index contributed by atoms with van der Waals surface area (Å²) in [4.78, 5) is 10.4. The highest BCUT2D eigenvalue weighted by Crippen LogP contribution is 2.31. The third-order valence-electron chi connectivity index (χ3n) is 4.07. The van der Waals surface area contributed by atoms with E-state index in [2.05, 4.69) is 12.2 Å². The van der Waals surface area contributed by atoms with Gasteiger partial charge >= 0.3 is 0 Å². The first-order valence-electron chi connectivity index (χ1n) is 7.24. The van der Waals surface area contributed by atoms with Crippen molar-refractivity contribution in [2.24, 2.45) is 11.8 Å². The highest BCUT2D eigenvalue weighted by atomic mass is 127. The van der Waals surface area contributed by atoms with Crippen LogP contribution in [0.25, 0.3) is 0 Å².